The van der Waals surface area contributed by atoms with Crippen LogP contribution < -0.4 is 0 Å². The molecule has 0 saturated carbocycles. The number of esters is 1. The lowest BCUT2D eigenvalue weighted by molar-refractivity contribution is 0.0559. The average molecular weight is 361 g/mol. The lowest BCUT2D eigenvalue weighted by Gasteiger charge is -2.15. The summed E-state index contributed by atoms with van der Waals surface area (Å²) in [7, 11) is -2.07. The third kappa shape index (κ3) is 10.2. The normalized spacial score (nSPS) is 11.2. The second kappa shape index (κ2) is 9.82. The van der Waals surface area contributed by atoms with Crippen molar-refractivity contribution in [1.82, 2.24) is 0 Å². The second-order valence-electron chi connectivity index (χ2n) is 7.06. The van der Waals surface area contributed by atoms with Gasteiger partial charge in [0.2, 0.25) is 0 Å². The SMILES string of the molecule is CC(C)CC(=O)c1occc1C(=O)OC[Si](C)(C)C.CS(C)=O. The minimum absolute atomic E-state index is 0.120. The number of carbonyl (C=O) groups excluding carboxylic acids is 2. The Morgan fingerprint density at radius 1 is 1.26 bits per heavy atom. The molecule has 0 fully saturated rings. The molecule has 1 aromatic heterocycles. The highest BCUT2D eigenvalue weighted by atomic mass is 32.2. The quantitative estimate of drug-likeness (QED) is 0.441. The van der Waals surface area contributed by atoms with Gasteiger partial charge in [0.15, 0.2) is 11.5 Å². The van der Waals surface area contributed by atoms with Gasteiger partial charge in [-0.3, -0.25) is 9.00 Å². The van der Waals surface area contributed by atoms with E-state index in [-0.39, 0.29) is 23.0 Å². The van der Waals surface area contributed by atoms with Crippen LogP contribution in [0.1, 0.15) is 41.2 Å². The number of furan rings is 1. The van der Waals surface area contributed by atoms with E-state index in [9.17, 15) is 13.8 Å². The lowest BCUT2D eigenvalue weighted by Crippen LogP contribution is -2.30. The predicted molar refractivity (Wildman–Crippen MR) is 96.1 cm³/mol. The van der Waals surface area contributed by atoms with Crippen LogP contribution in [0.3, 0.4) is 0 Å². The van der Waals surface area contributed by atoms with Crippen molar-refractivity contribution in [2.45, 2.75) is 39.9 Å². The van der Waals surface area contributed by atoms with E-state index < -0.39 is 24.8 Å². The van der Waals surface area contributed by atoms with Crippen LogP contribution in [-0.2, 0) is 15.5 Å². The minimum atomic E-state index is -1.46. The van der Waals surface area contributed by atoms with Crippen LogP contribution >= 0.6 is 0 Å². The summed E-state index contributed by atoms with van der Waals surface area (Å²) < 4.78 is 20.0. The summed E-state index contributed by atoms with van der Waals surface area (Å²) in [5.74, 6) is -0.277. The first-order valence-corrected chi connectivity index (χ1v) is 13.1. The van der Waals surface area contributed by atoms with Crippen LogP contribution in [0.25, 0.3) is 0 Å². The zero-order valence-electron chi connectivity index (χ0n) is 15.1. The van der Waals surface area contributed by atoms with Gasteiger partial charge in [0.25, 0.3) is 0 Å². The van der Waals surface area contributed by atoms with E-state index in [0.29, 0.717) is 12.7 Å². The van der Waals surface area contributed by atoms with Crippen LogP contribution in [0, 0.1) is 5.92 Å². The molecule has 0 aliphatic rings. The summed E-state index contributed by atoms with van der Waals surface area (Å²) >= 11 is 0. The Hall–Kier alpha value is -1.21. The molecular weight excluding hydrogens is 332 g/mol. The Balaban J connectivity index is 0.00000108. The maximum atomic E-state index is 12.0. The molecule has 0 atom stereocenters. The van der Waals surface area contributed by atoms with Crippen molar-refractivity contribution in [2.24, 2.45) is 5.92 Å². The summed E-state index contributed by atoms with van der Waals surface area (Å²) in [5, 5.41) is 0. The van der Waals surface area contributed by atoms with Gasteiger partial charge in [-0.1, -0.05) is 33.5 Å². The fourth-order valence-electron chi connectivity index (χ4n) is 1.51. The summed E-state index contributed by atoms with van der Waals surface area (Å²) in [6.07, 6.45) is 5.44. The largest absolute Gasteiger partial charge is 0.466 e. The number of hydrogen-bond acceptors (Lipinski definition) is 5. The maximum absolute atomic E-state index is 12.0. The zero-order valence-corrected chi connectivity index (χ0v) is 16.9. The molecule has 0 radical (unpaired) electrons. The van der Waals surface area contributed by atoms with Crippen LogP contribution in [-0.4, -0.2) is 42.8 Å². The highest BCUT2D eigenvalue weighted by Gasteiger charge is 2.24. The molecule has 1 heterocycles. The molecule has 0 spiro atoms. The molecule has 0 aromatic carbocycles. The van der Waals surface area contributed by atoms with Crippen molar-refractivity contribution in [3.8, 4) is 0 Å². The number of carbonyl (C=O) groups is 2. The van der Waals surface area contributed by atoms with Gasteiger partial charge in [-0.25, -0.2) is 4.79 Å². The fraction of sp³-hybridized carbons (Fsp3) is 0.625. The van der Waals surface area contributed by atoms with Crippen LogP contribution in [0.4, 0.5) is 0 Å². The number of hydrogen-bond donors (Lipinski definition) is 0. The summed E-state index contributed by atoms with van der Waals surface area (Å²) in [4.78, 5) is 23.9. The van der Waals surface area contributed by atoms with Crippen molar-refractivity contribution in [3.05, 3.63) is 23.7 Å². The van der Waals surface area contributed by atoms with Gasteiger partial charge >= 0.3 is 5.97 Å². The molecule has 0 amide bonds. The maximum Gasteiger partial charge on any atom is 0.341 e. The summed E-state index contributed by atoms with van der Waals surface area (Å²) in [6.45, 7) is 10.2. The Bertz CT molecular complexity index is 539. The Labute approximate surface area is 142 Å². The van der Waals surface area contributed by atoms with Crippen molar-refractivity contribution < 1.29 is 23.0 Å². The molecule has 0 bridgehead atoms. The zero-order chi connectivity index (χ0) is 18.2. The van der Waals surface area contributed by atoms with Crippen molar-refractivity contribution in [2.75, 3.05) is 18.7 Å². The van der Waals surface area contributed by atoms with E-state index in [0.717, 1.165) is 0 Å². The van der Waals surface area contributed by atoms with Crippen molar-refractivity contribution >= 4 is 30.6 Å². The predicted octanol–water partition coefficient (Wildman–Crippen LogP) is 3.54. The molecule has 1 rings (SSSR count). The van der Waals surface area contributed by atoms with E-state index in [1.165, 1.54) is 12.3 Å². The molecule has 5 nitrogen and oxygen atoms in total. The number of rotatable bonds is 6. The molecule has 23 heavy (non-hydrogen) atoms. The Kier molecular flexibility index (Phi) is 9.30. The molecule has 7 heteroatoms. The molecule has 0 aliphatic heterocycles. The molecule has 1 aromatic rings. The topological polar surface area (TPSA) is 73.6 Å². The number of ether oxygens (including phenoxy) is 1. The molecular formula is C16H28O5SSi. The highest BCUT2D eigenvalue weighted by molar-refractivity contribution is 7.83. The van der Waals surface area contributed by atoms with Gasteiger partial charge in [0.1, 0.15) is 5.56 Å². The van der Waals surface area contributed by atoms with E-state index in [1.807, 2.05) is 13.8 Å². The van der Waals surface area contributed by atoms with Crippen LogP contribution in [0.5, 0.6) is 0 Å². The van der Waals surface area contributed by atoms with Gasteiger partial charge in [-0.05, 0) is 12.0 Å². The first-order chi connectivity index (χ1) is 10.4. The van der Waals surface area contributed by atoms with Crippen molar-refractivity contribution in [1.29, 1.82) is 0 Å². The molecule has 0 aliphatic carbocycles. The number of ketones is 1. The summed E-state index contributed by atoms with van der Waals surface area (Å²) in [6, 6.07) is 1.50. The third-order valence-corrected chi connectivity index (χ3v) is 3.38. The van der Waals surface area contributed by atoms with Crippen molar-refractivity contribution in [3.63, 3.8) is 0 Å². The molecule has 0 N–H and O–H groups in total. The average Bonchev–Trinajstić information content (AvgIpc) is 2.82. The molecule has 0 saturated heterocycles. The second-order valence-corrected chi connectivity index (χ2v) is 14.0. The van der Waals surface area contributed by atoms with Gasteiger partial charge in [0, 0.05) is 29.7 Å². The minimum Gasteiger partial charge on any atom is -0.466 e. The smallest absolute Gasteiger partial charge is 0.341 e. The Morgan fingerprint density at radius 2 is 1.78 bits per heavy atom. The van der Waals surface area contributed by atoms with Gasteiger partial charge in [-0.15, -0.1) is 0 Å². The third-order valence-electron chi connectivity index (χ3n) is 2.37. The molecule has 0 unspecified atom stereocenters. The Morgan fingerprint density at radius 3 is 2.22 bits per heavy atom. The first kappa shape index (κ1) is 21.8. The van der Waals surface area contributed by atoms with Crippen LogP contribution in [0.15, 0.2) is 16.7 Å². The lowest BCUT2D eigenvalue weighted by atomic mass is 10.0. The van der Waals surface area contributed by atoms with Gasteiger partial charge in [-0.2, -0.15) is 0 Å². The number of Topliss-reactive ketones (excluding diaryl/α,β-unsaturated/α-hetero) is 1. The fourth-order valence-corrected chi connectivity index (χ4v) is 2.07. The highest BCUT2D eigenvalue weighted by Crippen LogP contribution is 2.17. The summed E-state index contributed by atoms with van der Waals surface area (Å²) in [5.41, 5.74) is 0.240. The standard InChI is InChI=1S/C14H22O4Si.C2H6OS/c1-10(2)8-12(15)13-11(6-7-17-13)14(16)18-9-19(3,4)5;1-4(2)3/h6-7,10H,8-9H2,1-5H3;1-2H3. The van der Waals surface area contributed by atoms with E-state index >= 15 is 0 Å². The van der Waals surface area contributed by atoms with E-state index in [2.05, 4.69) is 19.6 Å². The van der Waals surface area contributed by atoms with Gasteiger partial charge < -0.3 is 9.15 Å². The first-order valence-electron chi connectivity index (χ1n) is 7.47. The van der Waals surface area contributed by atoms with Gasteiger partial charge in [0.05, 0.1) is 20.6 Å². The van der Waals surface area contributed by atoms with Crippen LogP contribution in [0.2, 0.25) is 19.6 Å². The molecule has 132 valence electrons. The van der Waals surface area contributed by atoms with E-state index in [1.54, 1.807) is 12.5 Å². The van der Waals surface area contributed by atoms with E-state index in [4.69, 9.17) is 9.15 Å². The monoisotopic (exact) mass is 360 g/mol.